The van der Waals surface area contributed by atoms with Gasteiger partial charge in [-0.15, -0.1) is 0 Å². The van der Waals surface area contributed by atoms with Gasteiger partial charge in [0.1, 0.15) is 17.6 Å². The van der Waals surface area contributed by atoms with Crippen LogP contribution in [0.2, 0.25) is 0 Å². The molecule has 0 aliphatic heterocycles. The quantitative estimate of drug-likeness (QED) is 0.505. The first-order chi connectivity index (χ1) is 15.0. The highest BCUT2D eigenvalue weighted by Crippen LogP contribution is 2.24. The molecule has 2 aromatic rings. The lowest BCUT2D eigenvalue weighted by Crippen LogP contribution is -2.11. The van der Waals surface area contributed by atoms with Gasteiger partial charge in [0.05, 0.1) is 6.61 Å². The molecular formula is C26H37FN2O3. The molecule has 0 bridgehead atoms. The number of amides is 1. The largest absolute Gasteiger partial charge is 0.393 e. The van der Waals surface area contributed by atoms with Gasteiger partial charge in [0.15, 0.2) is 0 Å². The molecule has 0 aliphatic rings. The van der Waals surface area contributed by atoms with Crippen molar-refractivity contribution in [2.75, 3.05) is 11.9 Å². The highest BCUT2D eigenvalue weighted by molar-refractivity contribution is 5.88. The van der Waals surface area contributed by atoms with Crippen molar-refractivity contribution < 1.29 is 19.4 Å². The predicted molar refractivity (Wildman–Crippen MR) is 129 cm³/mol. The number of hydrogen-bond acceptors (Lipinski definition) is 4. The van der Waals surface area contributed by atoms with Gasteiger partial charge in [0.25, 0.3) is 0 Å². The van der Waals surface area contributed by atoms with Crippen LogP contribution < -0.4 is 5.32 Å². The number of nitrogens with zero attached hydrogens (tertiary/aromatic N) is 1. The first-order valence-electron chi connectivity index (χ1n) is 11.0. The van der Waals surface area contributed by atoms with Gasteiger partial charge in [0, 0.05) is 24.4 Å². The zero-order valence-corrected chi connectivity index (χ0v) is 20.1. The predicted octanol–water partition coefficient (Wildman–Crippen LogP) is 5.78. The van der Waals surface area contributed by atoms with E-state index in [0.29, 0.717) is 11.3 Å². The molecule has 6 heteroatoms. The Morgan fingerprint density at radius 3 is 2.28 bits per heavy atom. The van der Waals surface area contributed by atoms with E-state index in [1.807, 2.05) is 44.2 Å². The van der Waals surface area contributed by atoms with E-state index in [0.717, 1.165) is 30.5 Å². The normalized spacial score (nSPS) is 12.6. The number of carbonyl (C=O) groups excluding carboxylic acids is 1. The molecule has 3 N–H and O–H groups in total. The second-order valence-corrected chi connectivity index (χ2v) is 8.69. The number of benzene rings is 1. The standard InChI is InChI=1S/C14H20FNO2.C12H17NO/c1-3-5-10(6-4-2)14-12(15)7-11(8-16-14)13(18)9-17;1-9(14)13-11-7-5-10(6-8-11)12(2,3)4/h5,7-8,13,17-18H,3-4,6,9H2,1-2H3;5-8H,1-4H3,(H,13,14)/b10-5+;/t13-;/m1./s1. The number of rotatable bonds is 7. The van der Waals surface area contributed by atoms with Crippen molar-refractivity contribution in [3.63, 3.8) is 0 Å². The summed E-state index contributed by atoms with van der Waals surface area (Å²) in [5, 5.41) is 21.0. The van der Waals surface area contributed by atoms with Crippen LogP contribution in [-0.2, 0) is 10.2 Å². The van der Waals surface area contributed by atoms with Crippen molar-refractivity contribution in [2.45, 2.75) is 72.3 Å². The molecule has 32 heavy (non-hydrogen) atoms. The molecule has 1 amide bonds. The molecule has 2 rings (SSSR count). The molecule has 5 nitrogen and oxygen atoms in total. The van der Waals surface area contributed by atoms with Crippen molar-refractivity contribution in [3.8, 4) is 0 Å². The average Bonchev–Trinajstić information content (AvgIpc) is 2.73. The Labute approximate surface area is 191 Å². The number of halogens is 1. The Morgan fingerprint density at radius 1 is 1.22 bits per heavy atom. The van der Waals surface area contributed by atoms with E-state index < -0.39 is 18.5 Å². The molecule has 0 unspecified atom stereocenters. The Kier molecular flexibility index (Phi) is 11.2. The molecule has 1 aromatic carbocycles. The van der Waals surface area contributed by atoms with Crippen molar-refractivity contribution in [2.24, 2.45) is 0 Å². The molecule has 1 aromatic heterocycles. The van der Waals surface area contributed by atoms with Gasteiger partial charge < -0.3 is 15.5 Å². The number of hydrogen-bond donors (Lipinski definition) is 3. The first-order valence-corrected chi connectivity index (χ1v) is 11.0. The Morgan fingerprint density at radius 2 is 1.84 bits per heavy atom. The lowest BCUT2D eigenvalue weighted by molar-refractivity contribution is -0.114. The minimum atomic E-state index is -1.08. The van der Waals surface area contributed by atoms with E-state index in [1.165, 1.54) is 24.8 Å². The summed E-state index contributed by atoms with van der Waals surface area (Å²) in [6.07, 6.45) is 4.84. The lowest BCUT2D eigenvalue weighted by Gasteiger charge is -2.19. The number of aliphatic hydroxyl groups excluding tert-OH is 2. The zero-order chi connectivity index (χ0) is 24.3. The number of aliphatic hydroxyl groups is 2. The topological polar surface area (TPSA) is 82.5 Å². The van der Waals surface area contributed by atoms with E-state index in [4.69, 9.17) is 5.11 Å². The Bertz CT molecular complexity index is 887. The number of allylic oxidation sites excluding steroid dienone is 2. The summed E-state index contributed by atoms with van der Waals surface area (Å²) in [6, 6.07) is 9.20. The summed E-state index contributed by atoms with van der Waals surface area (Å²) in [5.41, 5.74) is 3.81. The van der Waals surface area contributed by atoms with Crippen molar-refractivity contribution >= 4 is 17.2 Å². The fraction of sp³-hybridized carbons (Fsp3) is 0.462. The van der Waals surface area contributed by atoms with Crippen LogP contribution in [-0.4, -0.2) is 27.7 Å². The monoisotopic (exact) mass is 444 g/mol. The Hall–Kier alpha value is -2.57. The maximum atomic E-state index is 13.9. The first kappa shape index (κ1) is 27.5. The van der Waals surface area contributed by atoms with E-state index in [9.17, 15) is 14.3 Å². The maximum absolute atomic E-state index is 13.9. The highest BCUT2D eigenvalue weighted by Gasteiger charge is 2.14. The lowest BCUT2D eigenvalue weighted by atomic mass is 9.87. The average molecular weight is 445 g/mol. The molecule has 0 radical (unpaired) electrons. The van der Waals surface area contributed by atoms with Crippen LogP contribution in [0.3, 0.4) is 0 Å². The summed E-state index contributed by atoms with van der Waals surface area (Å²) >= 11 is 0. The van der Waals surface area contributed by atoms with Crippen LogP contribution in [0, 0.1) is 5.82 Å². The number of carbonyl (C=O) groups is 1. The zero-order valence-electron chi connectivity index (χ0n) is 20.1. The fourth-order valence-electron chi connectivity index (χ4n) is 3.07. The van der Waals surface area contributed by atoms with Gasteiger partial charge in [-0.2, -0.15) is 0 Å². The summed E-state index contributed by atoms with van der Waals surface area (Å²) in [6.45, 7) is 11.6. The summed E-state index contributed by atoms with van der Waals surface area (Å²) in [4.78, 5) is 14.9. The van der Waals surface area contributed by atoms with Gasteiger partial charge in [-0.25, -0.2) is 4.39 Å². The van der Waals surface area contributed by atoms with E-state index in [1.54, 1.807) is 0 Å². The summed E-state index contributed by atoms with van der Waals surface area (Å²) in [7, 11) is 0. The Balaban J connectivity index is 0.000000330. The molecule has 0 spiro atoms. The minimum Gasteiger partial charge on any atom is -0.393 e. The van der Waals surface area contributed by atoms with E-state index in [2.05, 4.69) is 31.1 Å². The molecular weight excluding hydrogens is 407 g/mol. The van der Waals surface area contributed by atoms with E-state index in [-0.39, 0.29) is 11.3 Å². The number of pyridine rings is 1. The molecule has 0 fully saturated rings. The third-order valence-electron chi connectivity index (χ3n) is 4.77. The number of aromatic nitrogens is 1. The van der Waals surface area contributed by atoms with Crippen LogP contribution >= 0.6 is 0 Å². The van der Waals surface area contributed by atoms with Gasteiger partial charge in [-0.05, 0) is 47.6 Å². The van der Waals surface area contributed by atoms with Crippen LogP contribution in [0.15, 0.2) is 42.6 Å². The maximum Gasteiger partial charge on any atom is 0.221 e. The van der Waals surface area contributed by atoms with Gasteiger partial charge in [-0.3, -0.25) is 9.78 Å². The van der Waals surface area contributed by atoms with E-state index >= 15 is 0 Å². The second kappa shape index (κ2) is 13.1. The number of anilines is 1. The minimum absolute atomic E-state index is 0.0338. The molecule has 0 saturated carbocycles. The summed E-state index contributed by atoms with van der Waals surface area (Å²) in [5.74, 6) is -0.485. The molecule has 0 saturated heterocycles. The fourth-order valence-corrected chi connectivity index (χ4v) is 3.07. The molecule has 1 atom stereocenters. The smallest absolute Gasteiger partial charge is 0.221 e. The highest BCUT2D eigenvalue weighted by atomic mass is 19.1. The molecule has 176 valence electrons. The molecule has 1 heterocycles. The van der Waals surface area contributed by atoms with Gasteiger partial charge in [-0.1, -0.05) is 59.2 Å². The van der Waals surface area contributed by atoms with Crippen LogP contribution in [0.5, 0.6) is 0 Å². The molecule has 0 aliphatic carbocycles. The van der Waals surface area contributed by atoms with Crippen molar-refractivity contribution in [3.05, 3.63) is 65.2 Å². The van der Waals surface area contributed by atoms with Gasteiger partial charge in [0.2, 0.25) is 5.91 Å². The van der Waals surface area contributed by atoms with Crippen molar-refractivity contribution in [1.82, 2.24) is 4.98 Å². The second-order valence-electron chi connectivity index (χ2n) is 8.69. The third kappa shape index (κ3) is 8.89. The van der Waals surface area contributed by atoms with Crippen LogP contribution in [0.25, 0.3) is 5.57 Å². The summed E-state index contributed by atoms with van der Waals surface area (Å²) < 4.78 is 13.9. The van der Waals surface area contributed by atoms with Crippen molar-refractivity contribution in [1.29, 1.82) is 0 Å². The SMILES string of the molecule is CC(=O)Nc1ccc(C(C)(C)C)cc1.CC/C=C(\CCC)c1ncc([C@H](O)CO)cc1F. The van der Waals surface area contributed by atoms with Crippen LogP contribution in [0.1, 0.15) is 83.7 Å². The van der Waals surface area contributed by atoms with Crippen LogP contribution in [0.4, 0.5) is 10.1 Å². The third-order valence-corrected chi connectivity index (χ3v) is 4.77. The number of nitrogens with one attached hydrogen (secondary N) is 1. The van der Waals surface area contributed by atoms with Gasteiger partial charge >= 0.3 is 0 Å².